The van der Waals surface area contributed by atoms with Gasteiger partial charge in [-0.15, -0.1) is 0 Å². The van der Waals surface area contributed by atoms with Crippen molar-refractivity contribution in [2.24, 2.45) is 0 Å². The van der Waals surface area contributed by atoms with Gasteiger partial charge in [0.25, 0.3) is 0 Å². The Kier molecular flexibility index (Phi) is 6.89. The molecule has 0 radical (unpaired) electrons. The summed E-state index contributed by atoms with van der Waals surface area (Å²) in [5.74, 6) is -0.819. The maximum Gasteiger partial charge on any atom is 0.332 e. The van der Waals surface area contributed by atoms with Crippen LogP contribution in [0.2, 0.25) is 0 Å². The Bertz CT molecular complexity index is 468. The van der Waals surface area contributed by atoms with E-state index in [1.807, 2.05) is 30.3 Å². The zero-order valence-electron chi connectivity index (χ0n) is 11.7. The fraction of sp³-hybridized carbons (Fsp3) is 0.333. The van der Waals surface area contributed by atoms with Crippen LogP contribution in [-0.4, -0.2) is 25.1 Å². The van der Waals surface area contributed by atoms with Gasteiger partial charge in [-0.2, -0.15) is 0 Å². The normalized spacial score (nSPS) is 10.8. The molecule has 1 aromatic rings. The molecule has 0 amide bonds. The van der Waals surface area contributed by atoms with Crippen molar-refractivity contribution >= 4 is 11.9 Å². The molecule has 5 heteroatoms. The Morgan fingerprint density at radius 3 is 2.55 bits per heavy atom. The molecule has 0 heterocycles. The number of ether oxygens (including phenoxy) is 2. The molecule has 0 bridgehead atoms. The van der Waals surface area contributed by atoms with E-state index in [-0.39, 0.29) is 19.1 Å². The highest BCUT2D eigenvalue weighted by atomic mass is 16.5. The summed E-state index contributed by atoms with van der Waals surface area (Å²) in [7, 11) is 0. The third kappa shape index (κ3) is 6.58. The van der Waals surface area contributed by atoms with E-state index in [0.29, 0.717) is 12.3 Å². The van der Waals surface area contributed by atoms with Crippen molar-refractivity contribution in [3.63, 3.8) is 0 Å². The monoisotopic (exact) mass is 277 g/mol. The fourth-order valence-electron chi connectivity index (χ4n) is 1.41. The van der Waals surface area contributed by atoms with E-state index in [1.165, 1.54) is 6.08 Å². The quantitative estimate of drug-likeness (QED) is 0.608. The van der Waals surface area contributed by atoms with Crippen LogP contribution in [0.3, 0.4) is 0 Å². The van der Waals surface area contributed by atoms with Gasteiger partial charge >= 0.3 is 11.9 Å². The lowest BCUT2D eigenvalue weighted by atomic mass is 10.2. The molecule has 1 N–H and O–H groups in total. The highest BCUT2D eigenvalue weighted by Gasteiger charge is 2.04. The molecular formula is C15H19NO4. The van der Waals surface area contributed by atoms with Crippen molar-refractivity contribution < 1.29 is 19.1 Å². The highest BCUT2D eigenvalue weighted by molar-refractivity contribution is 5.82. The van der Waals surface area contributed by atoms with Gasteiger partial charge in [0.05, 0.1) is 6.61 Å². The first kappa shape index (κ1) is 15.8. The second-order valence-electron chi connectivity index (χ2n) is 4.08. The summed E-state index contributed by atoms with van der Waals surface area (Å²) >= 11 is 0. The lowest BCUT2D eigenvalue weighted by molar-refractivity contribution is -0.143. The smallest absolute Gasteiger partial charge is 0.332 e. The molecule has 5 nitrogen and oxygen atoms in total. The van der Waals surface area contributed by atoms with Crippen molar-refractivity contribution in [3.8, 4) is 0 Å². The Balaban J connectivity index is 2.27. The van der Waals surface area contributed by atoms with Gasteiger partial charge in [0.15, 0.2) is 0 Å². The molecular weight excluding hydrogens is 258 g/mol. The third-order valence-electron chi connectivity index (χ3n) is 2.38. The summed E-state index contributed by atoms with van der Waals surface area (Å²) in [5.41, 5.74) is 1.49. The minimum atomic E-state index is -0.435. The number of hydrogen-bond donors (Lipinski definition) is 1. The maximum atomic E-state index is 11.5. The summed E-state index contributed by atoms with van der Waals surface area (Å²) < 4.78 is 9.84. The fourth-order valence-corrected chi connectivity index (χ4v) is 1.41. The van der Waals surface area contributed by atoms with E-state index in [2.05, 4.69) is 5.32 Å². The first-order chi connectivity index (χ1) is 9.61. The number of carbonyl (C=O) groups excluding carboxylic acids is 2. The lowest BCUT2D eigenvalue weighted by Gasteiger charge is -2.07. The van der Waals surface area contributed by atoms with Gasteiger partial charge in [-0.05, 0) is 19.4 Å². The van der Waals surface area contributed by atoms with Crippen LogP contribution < -0.4 is 5.32 Å². The number of allylic oxidation sites excluding steroid dienone is 1. The van der Waals surface area contributed by atoms with Crippen LogP contribution >= 0.6 is 0 Å². The maximum absolute atomic E-state index is 11.5. The first-order valence-corrected chi connectivity index (χ1v) is 6.40. The summed E-state index contributed by atoms with van der Waals surface area (Å²) in [4.78, 5) is 22.7. The number of carbonyl (C=O) groups is 2. The minimum Gasteiger partial charge on any atom is -0.463 e. The largest absolute Gasteiger partial charge is 0.463 e. The molecule has 0 aliphatic heterocycles. The number of benzene rings is 1. The van der Waals surface area contributed by atoms with Crippen molar-refractivity contribution in [1.82, 2.24) is 5.32 Å². The van der Waals surface area contributed by atoms with Gasteiger partial charge in [0.2, 0.25) is 0 Å². The summed E-state index contributed by atoms with van der Waals surface area (Å²) in [5, 5.41) is 2.79. The number of rotatable bonds is 7. The molecule has 1 aromatic carbocycles. The number of esters is 2. The molecule has 0 saturated heterocycles. The minimum absolute atomic E-state index is 0.00850. The Hall–Kier alpha value is -2.30. The average molecular weight is 277 g/mol. The van der Waals surface area contributed by atoms with Crippen LogP contribution in [0.5, 0.6) is 0 Å². The lowest BCUT2D eigenvalue weighted by Crippen LogP contribution is -2.23. The van der Waals surface area contributed by atoms with E-state index < -0.39 is 5.97 Å². The molecule has 0 saturated carbocycles. The van der Waals surface area contributed by atoms with Crippen LogP contribution in [-0.2, 0) is 25.7 Å². The Morgan fingerprint density at radius 1 is 1.20 bits per heavy atom. The van der Waals surface area contributed by atoms with Gasteiger partial charge in [0, 0.05) is 11.8 Å². The van der Waals surface area contributed by atoms with Crippen LogP contribution in [0.25, 0.3) is 0 Å². The molecule has 0 aromatic heterocycles. The van der Waals surface area contributed by atoms with Crippen LogP contribution in [0.15, 0.2) is 42.1 Å². The summed E-state index contributed by atoms with van der Waals surface area (Å²) in [6.45, 7) is 3.98. The molecule has 0 atom stereocenters. The van der Waals surface area contributed by atoms with Crippen LogP contribution in [0.4, 0.5) is 0 Å². The van der Waals surface area contributed by atoms with E-state index in [9.17, 15) is 9.59 Å². The molecule has 108 valence electrons. The Labute approximate surface area is 118 Å². The molecule has 20 heavy (non-hydrogen) atoms. The second kappa shape index (κ2) is 8.74. The Morgan fingerprint density at radius 2 is 1.90 bits per heavy atom. The third-order valence-corrected chi connectivity index (χ3v) is 2.38. The molecule has 0 aliphatic carbocycles. The van der Waals surface area contributed by atoms with E-state index >= 15 is 0 Å². The average Bonchev–Trinajstić information content (AvgIpc) is 2.44. The van der Waals surface area contributed by atoms with E-state index in [4.69, 9.17) is 9.47 Å². The van der Waals surface area contributed by atoms with Crippen molar-refractivity contribution in [2.75, 3.05) is 13.2 Å². The number of hydrogen-bond acceptors (Lipinski definition) is 5. The predicted octanol–water partition coefficient (Wildman–Crippen LogP) is 1.79. The zero-order chi connectivity index (χ0) is 14.8. The standard InChI is InChI=1S/C15H19NO4/c1-3-19-14(17)9-12(2)16-10-15(18)20-11-13-7-5-4-6-8-13/h4-9,16H,3,10-11H2,1-2H3/b12-9+. The zero-order valence-corrected chi connectivity index (χ0v) is 11.7. The van der Waals surface area contributed by atoms with Gasteiger partial charge in [-0.3, -0.25) is 4.79 Å². The molecule has 0 spiro atoms. The highest BCUT2D eigenvalue weighted by Crippen LogP contribution is 2.00. The van der Waals surface area contributed by atoms with Gasteiger partial charge < -0.3 is 14.8 Å². The van der Waals surface area contributed by atoms with E-state index in [1.54, 1.807) is 13.8 Å². The second-order valence-corrected chi connectivity index (χ2v) is 4.08. The van der Waals surface area contributed by atoms with Crippen LogP contribution in [0, 0.1) is 0 Å². The SMILES string of the molecule is CCOC(=O)/C=C(\C)NCC(=O)OCc1ccccc1. The molecule has 1 rings (SSSR count). The van der Waals surface area contributed by atoms with Crippen LogP contribution in [0.1, 0.15) is 19.4 Å². The van der Waals surface area contributed by atoms with Gasteiger partial charge in [-0.25, -0.2) is 4.79 Å². The topological polar surface area (TPSA) is 64.6 Å². The van der Waals surface area contributed by atoms with Gasteiger partial charge in [-0.1, -0.05) is 30.3 Å². The van der Waals surface area contributed by atoms with Crippen molar-refractivity contribution in [3.05, 3.63) is 47.7 Å². The van der Waals surface area contributed by atoms with Crippen molar-refractivity contribution in [2.45, 2.75) is 20.5 Å². The molecule has 0 fully saturated rings. The van der Waals surface area contributed by atoms with Gasteiger partial charge in [0.1, 0.15) is 13.2 Å². The van der Waals surface area contributed by atoms with Crippen molar-refractivity contribution in [1.29, 1.82) is 0 Å². The molecule has 0 unspecified atom stereocenters. The summed E-state index contributed by atoms with van der Waals surface area (Å²) in [6.07, 6.45) is 1.30. The first-order valence-electron chi connectivity index (χ1n) is 6.40. The predicted molar refractivity (Wildman–Crippen MR) is 74.6 cm³/mol. The molecule has 0 aliphatic rings. The summed E-state index contributed by atoms with van der Waals surface area (Å²) in [6, 6.07) is 9.43. The number of nitrogens with one attached hydrogen (secondary N) is 1. The van der Waals surface area contributed by atoms with E-state index in [0.717, 1.165) is 5.56 Å².